The van der Waals surface area contributed by atoms with Crippen molar-refractivity contribution in [3.05, 3.63) is 28.7 Å². The largest absolute Gasteiger partial charge is 0.465 e. The molecule has 106 valence electrons. The van der Waals surface area contributed by atoms with E-state index in [1.54, 1.807) is 10.6 Å². The highest BCUT2D eigenvalue weighted by atomic mass is 35.5. The lowest BCUT2D eigenvalue weighted by Crippen LogP contribution is -2.10. The van der Waals surface area contributed by atoms with E-state index in [-0.39, 0.29) is 6.10 Å². The van der Waals surface area contributed by atoms with E-state index in [9.17, 15) is 4.79 Å². The first-order valence-electron chi connectivity index (χ1n) is 6.36. The number of aromatic nitrogens is 3. The number of methoxy groups -OCH3 is 1. The molecule has 1 aliphatic heterocycles. The number of hydrogen-bond donors (Lipinski definition) is 0. The topological polar surface area (TPSA) is 65.7 Å². The summed E-state index contributed by atoms with van der Waals surface area (Å²) < 4.78 is 12.1. The maximum absolute atomic E-state index is 11.7. The van der Waals surface area contributed by atoms with Gasteiger partial charge in [-0.05, 0) is 18.4 Å². The third-order valence-electron chi connectivity index (χ3n) is 3.55. The fraction of sp³-hybridized carbons (Fsp3) is 0.462. The van der Waals surface area contributed by atoms with Crippen LogP contribution in [0.15, 0.2) is 12.3 Å². The summed E-state index contributed by atoms with van der Waals surface area (Å²) in [5.74, 6) is 0.564. The first-order valence-corrected chi connectivity index (χ1v) is 6.73. The summed E-state index contributed by atoms with van der Waals surface area (Å²) in [6.45, 7) is 2.80. The number of nitrogens with zero attached hydrogens (tertiary/aromatic N) is 3. The van der Waals surface area contributed by atoms with Crippen molar-refractivity contribution in [3.63, 3.8) is 0 Å². The number of carbonyl (C=O) groups is 1. The molecular weight excluding hydrogens is 282 g/mol. The van der Waals surface area contributed by atoms with Crippen LogP contribution in [0.2, 0.25) is 5.02 Å². The van der Waals surface area contributed by atoms with Gasteiger partial charge in [0.2, 0.25) is 0 Å². The van der Waals surface area contributed by atoms with Gasteiger partial charge < -0.3 is 9.47 Å². The smallest absolute Gasteiger partial charge is 0.339 e. The second kappa shape index (κ2) is 5.03. The van der Waals surface area contributed by atoms with Gasteiger partial charge >= 0.3 is 5.97 Å². The van der Waals surface area contributed by atoms with Gasteiger partial charge in [-0.3, -0.25) is 4.40 Å². The zero-order valence-electron chi connectivity index (χ0n) is 11.2. The van der Waals surface area contributed by atoms with E-state index in [4.69, 9.17) is 21.1 Å². The first-order chi connectivity index (χ1) is 9.61. The lowest BCUT2D eigenvalue weighted by molar-refractivity contribution is 0.0599. The molecule has 2 aromatic heterocycles. The Morgan fingerprint density at radius 1 is 1.55 bits per heavy atom. The Bertz CT molecular complexity index is 670. The van der Waals surface area contributed by atoms with Crippen molar-refractivity contribution in [2.45, 2.75) is 19.4 Å². The molecule has 0 aliphatic carbocycles. The van der Waals surface area contributed by atoms with Crippen LogP contribution in [0.4, 0.5) is 0 Å². The summed E-state index contributed by atoms with van der Waals surface area (Å²) in [4.78, 5) is 11.7. The summed E-state index contributed by atoms with van der Waals surface area (Å²) in [5.41, 5.74) is 0.869. The van der Waals surface area contributed by atoms with Gasteiger partial charge in [0.1, 0.15) is 6.10 Å². The molecule has 0 amide bonds. The van der Waals surface area contributed by atoms with Crippen LogP contribution < -0.4 is 0 Å². The van der Waals surface area contributed by atoms with Gasteiger partial charge in [0.25, 0.3) is 0 Å². The normalized spacial score (nSPS) is 22.4. The molecule has 3 heterocycles. The lowest BCUT2D eigenvalue weighted by Gasteiger charge is -2.13. The molecular formula is C13H14ClN3O3. The van der Waals surface area contributed by atoms with Crippen molar-refractivity contribution in [1.82, 2.24) is 14.6 Å². The van der Waals surface area contributed by atoms with Crippen LogP contribution >= 0.6 is 11.6 Å². The van der Waals surface area contributed by atoms with Gasteiger partial charge in [-0.2, -0.15) is 0 Å². The number of hydrogen-bond acceptors (Lipinski definition) is 5. The molecule has 2 atom stereocenters. The van der Waals surface area contributed by atoms with Crippen LogP contribution in [0.3, 0.4) is 0 Å². The fourth-order valence-corrected chi connectivity index (χ4v) is 2.67. The Balaban J connectivity index is 2.14. The van der Waals surface area contributed by atoms with Crippen LogP contribution in [0.25, 0.3) is 5.65 Å². The molecule has 0 spiro atoms. The Morgan fingerprint density at radius 2 is 2.35 bits per heavy atom. The zero-order valence-corrected chi connectivity index (χ0v) is 11.9. The van der Waals surface area contributed by atoms with Gasteiger partial charge in [0.15, 0.2) is 11.5 Å². The zero-order chi connectivity index (χ0) is 14.3. The fourth-order valence-electron chi connectivity index (χ4n) is 2.42. The molecule has 0 bridgehead atoms. The number of esters is 1. The summed E-state index contributed by atoms with van der Waals surface area (Å²) >= 11 is 6.15. The average molecular weight is 296 g/mol. The van der Waals surface area contributed by atoms with Crippen LogP contribution in [0, 0.1) is 5.92 Å². The number of fused-ring (bicyclic) bond motifs is 1. The van der Waals surface area contributed by atoms with Crippen LogP contribution in [-0.2, 0) is 9.47 Å². The predicted molar refractivity (Wildman–Crippen MR) is 71.8 cm³/mol. The molecule has 0 N–H and O–H groups in total. The second-order valence-electron chi connectivity index (χ2n) is 4.88. The monoisotopic (exact) mass is 295 g/mol. The van der Waals surface area contributed by atoms with Crippen molar-refractivity contribution in [2.75, 3.05) is 13.7 Å². The van der Waals surface area contributed by atoms with Crippen molar-refractivity contribution >= 4 is 23.2 Å². The Hall–Kier alpha value is -1.66. The standard InChI is InChI=1S/C13H14ClN3O3/c1-7-3-4-20-10(7)12-16-15-11-9(14)5-8(6-17(11)12)13(18)19-2/h5-7,10H,3-4H2,1-2H3. The molecule has 6 nitrogen and oxygen atoms in total. The second-order valence-corrected chi connectivity index (χ2v) is 5.28. The van der Waals surface area contributed by atoms with E-state index in [0.29, 0.717) is 34.6 Å². The molecule has 0 saturated carbocycles. The van der Waals surface area contributed by atoms with Gasteiger partial charge in [-0.1, -0.05) is 18.5 Å². The average Bonchev–Trinajstić information content (AvgIpc) is 3.03. The quantitative estimate of drug-likeness (QED) is 0.795. The summed E-state index contributed by atoms with van der Waals surface area (Å²) in [5, 5.41) is 8.60. The van der Waals surface area contributed by atoms with Gasteiger partial charge in [-0.25, -0.2) is 4.79 Å². The highest BCUT2D eigenvalue weighted by Gasteiger charge is 2.30. The molecule has 1 saturated heterocycles. The third kappa shape index (κ3) is 2.05. The summed E-state index contributed by atoms with van der Waals surface area (Å²) in [7, 11) is 1.33. The van der Waals surface area contributed by atoms with Crippen molar-refractivity contribution in [2.24, 2.45) is 5.92 Å². The van der Waals surface area contributed by atoms with Gasteiger partial charge in [0.05, 0.1) is 17.7 Å². The minimum atomic E-state index is -0.450. The lowest BCUT2D eigenvalue weighted by atomic mass is 10.0. The number of halogens is 1. The Kier molecular flexibility index (Phi) is 3.35. The first kappa shape index (κ1) is 13.3. The third-order valence-corrected chi connectivity index (χ3v) is 3.83. The molecule has 0 aromatic carbocycles. The highest BCUT2D eigenvalue weighted by molar-refractivity contribution is 6.33. The van der Waals surface area contributed by atoms with E-state index in [2.05, 4.69) is 17.1 Å². The minimum Gasteiger partial charge on any atom is -0.465 e. The van der Waals surface area contributed by atoms with Crippen molar-refractivity contribution < 1.29 is 14.3 Å². The Morgan fingerprint density at radius 3 is 3.00 bits per heavy atom. The van der Waals surface area contributed by atoms with E-state index in [1.165, 1.54) is 13.2 Å². The van der Waals surface area contributed by atoms with Crippen molar-refractivity contribution in [1.29, 1.82) is 0 Å². The van der Waals surface area contributed by atoms with Crippen LogP contribution in [0.1, 0.15) is 35.6 Å². The van der Waals surface area contributed by atoms with Crippen LogP contribution in [-0.4, -0.2) is 34.3 Å². The highest BCUT2D eigenvalue weighted by Crippen LogP contribution is 2.34. The van der Waals surface area contributed by atoms with Gasteiger partial charge in [0, 0.05) is 12.8 Å². The van der Waals surface area contributed by atoms with E-state index in [0.717, 1.165) is 6.42 Å². The predicted octanol–water partition coefficient (Wildman–Crippen LogP) is 2.27. The maximum atomic E-state index is 11.7. The number of ether oxygens (including phenoxy) is 2. The SMILES string of the molecule is COC(=O)c1cc(Cl)c2nnc(C3OCCC3C)n2c1. The number of pyridine rings is 1. The van der Waals surface area contributed by atoms with E-state index in [1.807, 2.05) is 0 Å². The molecule has 20 heavy (non-hydrogen) atoms. The minimum absolute atomic E-state index is 0.131. The van der Waals surface area contributed by atoms with Gasteiger partial charge in [-0.15, -0.1) is 10.2 Å². The molecule has 1 fully saturated rings. The molecule has 3 rings (SSSR count). The Labute approximate surface area is 120 Å². The molecule has 7 heteroatoms. The van der Waals surface area contributed by atoms with E-state index < -0.39 is 5.97 Å². The van der Waals surface area contributed by atoms with Crippen molar-refractivity contribution in [3.8, 4) is 0 Å². The summed E-state index contributed by atoms with van der Waals surface area (Å²) in [6.07, 6.45) is 2.48. The summed E-state index contributed by atoms with van der Waals surface area (Å²) in [6, 6.07) is 1.53. The van der Waals surface area contributed by atoms with Crippen LogP contribution in [0.5, 0.6) is 0 Å². The molecule has 0 radical (unpaired) electrons. The number of rotatable bonds is 2. The molecule has 2 unspecified atom stereocenters. The molecule has 1 aliphatic rings. The maximum Gasteiger partial charge on any atom is 0.339 e. The number of carbonyl (C=O) groups excluding carboxylic acids is 1. The molecule has 2 aromatic rings. The van der Waals surface area contributed by atoms with E-state index >= 15 is 0 Å².